The molecule has 1 heterocycles. The van der Waals surface area contributed by atoms with Crippen molar-refractivity contribution in [3.63, 3.8) is 0 Å². The number of hydrogen-bond acceptors (Lipinski definition) is 3. The lowest BCUT2D eigenvalue weighted by atomic mass is 10.1. The van der Waals surface area contributed by atoms with E-state index in [1.807, 2.05) is 32.6 Å². The summed E-state index contributed by atoms with van der Waals surface area (Å²) >= 11 is 3.38. The van der Waals surface area contributed by atoms with Gasteiger partial charge in [-0.15, -0.1) is 0 Å². The average Bonchev–Trinajstić information content (AvgIpc) is 2.74. The number of halogens is 1. The third kappa shape index (κ3) is 3.68. The molecule has 5 nitrogen and oxygen atoms in total. The molecule has 1 N–H and O–H groups in total. The van der Waals surface area contributed by atoms with Crippen LogP contribution in [0.1, 0.15) is 21.5 Å². The van der Waals surface area contributed by atoms with E-state index >= 15 is 0 Å². The normalized spacial score (nSPS) is 11.0. The van der Waals surface area contributed by atoms with Gasteiger partial charge in [-0.05, 0) is 30.8 Å². The first-order chi connectivity index (χ1) is 9.45. The van der Waals surface area contributed by atoms with Crippen molar-refractivity contribution in [3.8, 4) is 0 Å². The summed E-state index contributed by atoms with van der Waals surface area (Å²) in [5.41, 5.74) is 2.23. The van der Waals surface area contributed by atoms with E-state index in [-0.39, 0.29) is 0 Å². The monoisotopic (exact) mass is 337 g/mol. The summed E-state index contributed by atoms with van der Waals surface area (Å²) in [7, 11) is 3.83. The van der Waals surface area contributed by atoms with Gasteiger partial charge in [-0.2, -0.15) is 5.10 Å². The van der Waals surface area contributed by atoms with Gasteiger partial charge in [0.05, 0.1) is 11.8 Å². The molecule has 0 fully saturated rings. The zero-order valence-electron chi connectivity index (χ0n) is 11.4. The maximum Gasteiger partial charge on any atom is 0.336 e. The second-order valence-corrected chi connectivity index (χ2v) is 5.72. The molecule has 6 heteroatoms. The fourth-order valence-corrected chi connectivity index (χ4v) is 2.52. The van der Waals surface area contributed by atoms with Gasteiger partial charge in [-0.25, -0.2) is 4.79 Å². The Morgan fingerprint density at radius 3 is 2.80 bits per heavy atom. The first kappa shape index (κ1) is 14.7. The molecule has 0 aliphatic rings. The Morgan fingerprint density at radius 1 is 1.45 bits per heavy atom. The maximum atomic E-state index is 11.2. The predicted octanol–water partition coefficient (Wildman–Crippen LogP) is 2.51. The minimum Gasteiger partial charge on any atom is -0.478 e. The van der Waals surface area contributed by atoms with Gasteiger partial charge in [0.25, 0.3) is 0 Å². The van der Waals surface area contributed by atoms with E-state index in [1.165, 1.54) is 0 Å². The standard InChI is InChI=1S/C14H16BrN3O2/c1-17(7-10-6-16-18(2)8-10)9-11-5-12(15)3-4-13(11)14(19)20/h3-6,8H,7,9H2,1-2H3,(H,19,20). The van der Waals surface area contributed by atoms with Crippen LogP contribution in [0.5, 0.6) is 0 Å². The highest BCUT2D eigenvalue weighted by atomic mass is 79.9. The van der Waals surface area contributed by atoms with E-state index in [9.17, 15) is 9.90 Å². The van der Waals surface area contributed by atoms with Crippen LogP contribution in [0.2, 0.25) is 0 Å². The molecule has 2 aromatic rings. The summed E-state index contributed by atoms with van der Waals surface area (Å²) in [4.78, 5) is 13.3. The van der Waals surface area contributed by atoms with Crippen LogP contribution in [0.25, 0.3) is 0 Å². The van der Waals surface area contributed by atoms with Crippen molar-refractivity contribution in [3.05, 3.63) is 51.8 Å². The second kappa shape index (κ2) is 6.19. The molecule has 0 saturated carbocycles. The van der Waals surface area contributed by atoms with Gasteiger partial charge in [0.15, 0.2) is 0 Å². The Balaban J connectivity index is 2.12. The van der Waals surface area contributed by atoms with E-state index < -0.39 is 5.97 Å². The summed E-state index contributed by atoms with van der Waals surface area (Å²) in [5, 5.41) is 13.3. The molecule has 20 heavy (non-hydrogen) atoms. The number of hydrogen-bond donors (Lipinski definition) is 1. The Hall–Kier alpha value is -1.66. The molecule has 1 aromatic heterocycles. The SMILES string of the molecule is CN(Cc1cnn(C)c1)Cc1cc(Br)ccc1C(=O)O. The lowest BCUT2D eigenvalue weighted by Crippen LogP contribution is -2.19. The van der Waals surface area contributed by atoms with Crippen molar-refractivity contribution in [2.75, 3.05) is 7.05 Å². The van der Waals surface area contributed by atoms with Crippen LogP contribution < -0.4 is 0 Å². The van der Waals surface area contributed by atoms with Gasteiger partial charge in [0, 0.05) is 36.4 Å². The van der Waals surface area contributed by atoms with Gasteiger partial charge >= 0.3 is 5.97 Å². The van der Waals surface area contributed by atoms with Crippen LogP contribution in [0, 0.1) is 0 Å². The van der Waals surface area contributed by atoms with Crippen LogP contribution >= 0.6 is 15.9 Å². The van der Waals surface area contributed by atoms with E-state index in [0.717, 1.165) is 22.1 Å². The molecular formula is C14H16BrN3O2. The number of nitrogens with zero attached hydrogens (tertiary/aromatic N) is 3. The van der Waals surface area contributed by atoms with Gasteiger partial charge in [0.2, 0.25) is 0 Å². The molecule has 0 aliphatic carbocycles. The van der Waals surface area contributed by atoms with Crippen molar-refractivity contribution >= 4 is 21.9 Å². The number of aromatic nitrogens is 2. The molecular weight excluding hydrogens is 322 g/mol. The fraction of sp³-hybridized carbons (Fsp3) is 0.286. The van der Waals surface area contributed by atoms with Gasteiger partial charge in [0.1, 0.15) is 0 Å². The van der Waals surface area contributed by atoms with Crippen LogP contribution in [0.4, 0.5) is 0 Å². The first-order valence-corrected chi connectivity index (χ1v) is 6.93. The fourth-order valence-electron chi connectivity index (χ4n) is 2.11. The molecule has 106 valence electrons. The Bertz CT molecular complexity index is 625. The van der Waals surface area contributed by atoms with Crippen LogP contribution in [-0.2, 0) is 20.1 Å². The van der Waals surface area contributed by atoms with Crippen molar-refractivity contribution in [1.29, 1.82) is 0 Å². The Kier molecular flexibility index (Phi) is 4.57. The predicted molar refractivity (Wildman–Crippen MR) is 79.5 cm³/mol. The molecule has 0 amide bonds. The number of aromatic carboxylic acids is 1. The van der Waals surface area contributed by atoms with Gasteiger partial charge in [-0.1, -0.05) is 15.9 Å². The van der Waals surface area contributed by atoms with Crippen LogP contribution in [0.15, 0.2) is 35.1 Å². The maximum absolute atomic E-state index is 11.2. The lowest BCUT2D eigenvalue weighted by Gasteiger charge is -2.17. The Labute approximate surface area is 126 Å². The number of benzene rings is 1. The minimum atomic E-state index is -0.901. The average molecular weight is 338 g/mol. The molecule has 0 aliphatic heterocycles. The highest BCUT2D eigenvalue weighted by Crippen LogP contribution is 2.19. The molecule has 0 unspecified atom stereocenters. The molecule has 0 bridgehead atoms. The van der Waals surface area contributed by atoms with Gasteiger partial charge < -0.3 is 5.11 Å². The molecule has 0 radical (unpaired) electrons. The molecule has 0 spiro atoms. The summed E-state index contributed by atoms with van der Waals surface area (Å²) in [6.45, 7) is 1.29. The highest BCUT2D eigenvalue weighted by Gasteiger charge is 2.12. The molecule has 1 aromatic carbocycles. The van der Waals surface area contributed by atoms with Crippen LogP contribution in [-0.4, -0.2) is 32.8 Å². The van der Waals surface area contributed by atoms with Crippen molar-refractivity contribution < 1.29 is 9.90 Å². The summed E-state index contributed by atoms with van der Waals surface area (Å²) in [5.74, 6) is -0.901. The van der Waals surface area contributed by atoms with Crippen LogP contribution in [0.3, 0.4) is 0 Å². The largest absolute Gasteiger partial charge is 0.478 e. The summed E-state index contributed by atoms with van der Waals surface area (Å²) < 4.78 is 2.64. The number of rotatable bonds is 5. The lowest BCUT2D eigenvalue weighted by molar-refractivity contribution is 0.0694. The van der Waals surface area contributed by atoms with Gasteiger partial charge in [-0.3, -0.25) is 9.58 Å². The minimum absolute atomic E-state index is 0.339. The number of aryl methyl sites for hydroxylation is 1. The number of carbonyl (C=O) groups is 1. The third-order valence-electron chi connectivity index (χ3n) is 2.95. The first-order valence-electron chi connectivity index (χ1n) is 6.13. The summed E-state index contributed by atoms with van der Waals surface area (Å²) in [6, 6.07) is 5.22. The van der Waals surface area contributed by atoms with E-state index in [2.05, 4.69) is 25.9 Å². The quantitative estimate of drug-likeness (QED) is 0.910. The third-order valence-corrected chi connectivity index (χ3v) is 3.44. The van der Waals surface area contributed by atoms with Crippen molar-refractivity contribution in [2.45, 2.75) is 13.1 Å². The zero-order valence-corrected chi connectivity index (χ0v) is 13.0. The second-order valence-electron chi connectivity index (χ2n) is 4.80. The topological polar surface area (TPSA) is 58.4 Å². The smallest absolute Gasteiger partial charge is 0.336 e. The van der Waals surface area contributed by atoms with E-state index in [4.69, 9.17) is 0 Å². The summed E-state index contributed by atoms with van der Waals surface area (Å²) in [6.07, 6.45) is 3.77. The van der Waals surface area contributed by atoms with Crippen molar-refractivity contribution in [2.24, 2.45) is 7.05 Å². The molecule has 0 atom stereocenters. The molecule has 2 rings (SSSR count). The molecule has 0 saturated heterocycles. The number of carboxylic acid groups (broad SMARTS) is 1. The van der Waals surface area contributed by atoms with Crippen molar-refractivity contribution in [1.82, 2.24) is 14.7 Å². The number of carboxylic acids is 1. The zero-order chi connectivity index (χ0) is 14.7. The highest BCUT2D eigenvalue weighted by molar-refractivity contribution is 9.10. The van der Waals surface area contributed by atoms with E-state index in [0.29, 0.717) is 12.1 Å². The Morgan fingerprint density at radius 2 is 2.20 bits per heavy atom. The van der Waals surface area contributed by atoms with E-state index in [1.54, 1.807) is 16.8 Å².